The molecule has 0 aliphatic heterocycles. The summed E-state index contributed by atoms with van der Waals surface area (Å²) in [5, 5.41) is 9.12. The second kappa shape index (κ2) is 11.6. The van der Waals surface area contributed by atoms with E-state index >= 15 is 0 Å². The van der Waals surface area contributed by atoms with Gasteiger partial charge in [0.15, 0.2) is 5.96 Å². The average molecular weight is 322 g/mol. The molecule has 23 heavy (non-hydrogen) atoms. The van der Waals surface area contributed by atoms with Crippen LogP contribution >= 0.6 is 0 Å². The summed E-state index contributed by atoms with van der Waals surface area (Å²) in [6.45, 7) is 5.88. The van der Waals surface area contributed by atoms with Gasteiger partial charge in [0.25, 0.3) is 0 Å². The van der Waals surface area contributed by atoms with Crippen molar-refractivity contribution < 1.29 is 9.21 Å². The number of rotatable bonds is 10. The van der Waals surface area contributed by atoms with E-state index in [0.29, 0.717) is 18.4 Å². The Morgan fingerprint density at radius 3 is 2.74 bits per heavy atom. The van der Waals surface area contributed by atoms with E-state index in [1.54, 1.807) is 19.4 Å². The monoisotopic (exact) mass is 322 g/mol. The minimum atomic E-state index is -0.0950. The van der Waals surface area contributed by atoms with Gasteiger partial charge in [-0.25, -0.2) is 0 Å². The predicted octanol–water partition coefficient (Wildman–Crippen LogP) is 2.28. The minimum absolute atomic E-state index is 0.0950. The van der Waals surface area contributed by atoms with Gasteiger partial charge in [-0.15, -0.1) is 0 Å². The van der Waals surface area contributed by atoms with Crippen LogP contribution < -0.4 is 16.0 Å². The van der Waals surface area contributed by atoms with Gasteiger partial charge in [0, 0.05) is 13.6 Å². The molecule has 6 heteroatoms. The standard InChI is InChI=1S/C17H30N4O2/c1-4-6-8-14(5-2)11-20-17(18-3)21-13-16(22)19-12-15-9-7-10-23-15/h7,9-10,14H,4-6,8,11-13H2,1-3H3,(H,19,22)(H2,18,20,21). The van der Waals surface area contributed by atoms with Crippen molar-refractivity contribution in [1.29, 1.82) is 0 Å². The van der Waals surface area contributed by atoms with E-state index in [4.69, 9.17) is 4.42 Å². The smallest absolute Gasteiger partial charge is 0.239 e. The number of aliphatic imine (C=N–C) groups is 1. The van der Waals surface area contributed by atoms with Crippen LogP contribution in [0.15, 0.2) is 27.8 Å². The first-order chi connectivity index (χ1) is 11.2. The number of hydrogen-bond donors (Lipinski definition) is 3. The van der Waals surface area contributed by atoms with E-state index in [2.05, 4.69) is 34.8 Å². The Morgan fingerprint density at radius 2 is 2.13 bits per heavy atom. The van der Waals surface area contributed by atoms with E-state index in [1.807, 2.05) is 6.07 Å². The van der Waals surface area contributed by atoms with E-state index in [-0.39, 0.29) is 12.5 Å². The van der Waals surface area contributed by atoms with Crippen molar-refractivity contribution in [3.8, 4) is 0 Å². The summed E-state index contributed by atoms with van der Waals surface area (Å²) < 4.78 is 5.17. The molecule has 3 N–H and O–H groups in total. The second-order valence-electron chi connectivity index (χ2n) is 5.58. The van der Waals surface area contributed by atoms with Gasteiger partial charge in [-0.3, -0.25) is 9.79 Å². The molecule has 0 saturated heterocycles. The molecule has 0 bridgehead atoms. The number of hydrogen-bond acceptors (Lipinski definition) is 3. The number of unbranched alkanes of at least 4 members (excludes halogenated alkanes) is 1. The lowest BCUT2D eigenvalue weighted by Gasteiger charge is -2.17. The normalized spacial score (nSPS) is 12.7. The number of nitrogens with zero attached hydrogens (tertiary/aromatic N) is 1. The SMILES string of the molecule is CCCCC(CC)CNC(=NC)NCC(=O)NCc1ccco1. The molecule has 0 aromatic carbocycles. The Kier molecular flexibility index (Phi) is 9.59. The van der Waals surface area contributed by atoms with Crippen LogP contribution in [0.3, 0.4) is 0 Å². The van der Waals surface area contributed by atoms with E-state index in [9.17, 15) is 4.79 Å². The van der Waals surface area contributed by atoms with Crippen molar-refractivity contribution in [2.75, 3.05) is 20.1 Å². The summed E-state index contributed by atoms with van der Waals surface area (Å²) in [6, 6.07) is 3.63. The molecule has 1 amide bonds. The van der Waals surface area contributed by atoms with Gasteiger partial charge in [0.1, 0.15) is 5.76 Å². The first-order valence-corrected chi connectivity index (χ1v) is 8.43. The van der Waals surface area contributed by atoms with Gasteiger partial charge >= 0.3 is 0 Å². The highest BCUT2D eigenvalue weighted by molar-refractivity contribution is 5.86. The van der Waals surface area contributed by atoms with Crippen molar-refractivity contribution in [3.05, 3.63) is 24.2 Å². The minimum Gasteiger partial charge on any atom is -0.467 e. The summed E-state index contributed by atoms with van der Waals surface area (Å²) in [4.78, 5) is 15.9. The van der Waals surface area contributed by atoms with Gasteiger partial charge in [-0.05, 0) is 24.5 Å². The van der Waals surface area contributed by atoms with Crippen LogP contribution in [0.5, 0.6) is 0 Å². The maximum absolute atomic E-state index is 11.8. The lowest BCUT2D eigenvalue weighted by atomic mass is 9.99. The summed E-state index contributed by atoms with van der Waals surface area (Å²) in [5.74, 6) is 1.94. The maximum atomic E-state index is 11.8. The van der Waals surface area contributed by atoms with Gasteiger partial charge in [0.2, 0.25) is 5.91 Å². The third-order valence-corrected chi connectivity index (χ3v) is 3.78. The van der Waals surface area contributed by atoms with E-state index in [1.165, 1.54) is 19.3 Å². The Balaban J connectivity index is 2.23. The van der Waals surface area contributed by atoms with Crippen molar-refractivity contribution in [2.24, 2.45) is 10.9 Å². The van der Waals surface area contributed by atoms with Crippen molar-refractivity contribution in [2.45, 2.75) is 46.1 Å². The van der Waals surface area contributed by atoms with Gasteiger partial charge in [-0.2, -0.15) is 0 Å². The third-order valence-electron chi connectivity index (χ3n) is 3.78. The largest absolute Gasteiger partial charge is 0.467 e. The van der Waals surface area contributed by atoms with Crippen LogP contribution in [0.2, 0.25) is 0 Å². The first-order valence-electron chi connectivity index (χ1n) is 8.43. The fourth-order valence-corrected chi connectivity index (χ4v) is 2.23. The highest BCUT2D eigenvalue weighted by Gasteiger charge is 2.08. The van der Waals surface area contributed by atoms with Gasteiger partial charge < -0.3 is 20.4 Å². The second-order valence-corrected chi connectivity index (χ2v) is 5.58. The summed E-state index contributed by atoms with van der Waals surface area (Å²) in [7, 11) is 1.71. The van der Waals surface area contributed by atoms with Crippen LogP contribution in [0.4, 0.5) is 0 Å². The van der Waals surface area contributed by atoms with Crippen LogP contribution in [-0.2, 0) is 11.3 Å². The Bertz CT molecular complexity index is 457. The van der Waals surface area contributed by atoms with Crippen LogP contribution in [0, 0.1) is 5.92 Å². The van der Waals surface area contributed by atoms with Crippen molar-refractivity contribution >= 4 is 11.9 Å². The van der Waals surface area contributed by atoms with Crippen LogP contribution in [0.25, 0.3) is 0 Å². The summed E-state index contributed by atoms with van der Waals surface area (Å²) in [5.41, 5.74) is 0. The quantitative estimate of drug-likeness (QED) is 0.456. The van der Waals surface area contributed by atoms with Gasteiger partial charge in [0.05, 0.1) is 19.4 Å². The molecule has 0 radical (unpaired) electrons. The predicted molar refractivity (Wildman–Crippen MR) is 93.2 cm³/mol. The fraction of sp³-hybridized carbons (Fsp3) is 0.647. The fourth-order valence-electron chi connectivity index (χ4n) is 2.23. The van der Waals surface area contributed by atoms with Gasteiger partial charge in [-0.1, -0.05) is 33.1 Å². The molecule has 0 saturated carbocycles. The zero-order chi connectivity index (χ0) is 16.9. The highest BCUT2D eigenvalue weighted by atomic mass is 16.3. The van der Waals surface area contributed by atoms with Crippen LogP contribution in [-0.4, -0.2) is 32.0 Å². The molecule has 0 fully saturated rings. The molecule has 1 aromatic heterocycles. The first kappa shape index (κ1) is 19.1. The number of carbonyl (C=O) groups excluding carboxylic acids is 1. The Labute approximate surface area is 139 Å². The zero-order valence-electron chi connectivity index (χ0n) is 14.5. The molecule has 1 rings (SSSR count). The molecule has 130 valence electrons. The maximum Gasteiger partial charge on any atom is 0.239 e. The molecule has 6 nitrogen and oxygen atoms in total. The van der Waals surface area contributed by atoms with Crippen molar-refractivity contribution in [3.63, 3.8) is 0 Å². The average Bonchev–Trinajstić information content (AvgIpc) is 3.09. The van der Waals surface area contributed by atoms with E-state index in [0.717, 1.165) is 18.7 Å². The molecule has 0 aliphatic rings. The number of carbonyl (C=O) groups is 1. The molecule has 0 aliphatic carbocycles. The molecule has 1 heterocycles. The third kappa shape index (κ3) is 8.28. The number of guanidine groups is 1. The molecule has 1 atom stereocenters. The molecular weight excluding hydrogens is 292 g/mol. The van der Waals surface area contributed by atoms with E-state index < -0.39 is 0 Å². The Morgan fingerprint density at radius 1 is 1.30 bits per heavy atom. The number of nitrogens with one attached hydrogen (secondary N) is 3. The number of amides is 1. The Hall–Kier alpha value is -1.98. The summed E-state index contributed by atoms with van der Waals surface area (Å²) >= 11 is 0. The topological polar surface area (TPSA) is 78.7 Å². The number of furan rings is 1. The lowest BCUT2D eigenvalue weighted by molar-refractivity contribution is -0.120. The summed E-state index contributed by atoms with van der Waals surface area (Å²) in [6.07, 6.45) is 6.43. The molecule has 1 unspecified atom stereocenters. The lowest BCUT2D eigenvalue weighted by Crippen LogP contribution is -2.44. The molecule has 0 spiro atoms. The highest BCUT2D eigenvalue weighted by Crippen LogP contribution is 2.10. The molecule has 1 aromatic rings. The van der Waals surface area contributed by atoms with Crippen molar-refractivity contribution in [1.82, 2.24) is 16.0 Å². The molecular formula is C17H30N4O2. The zero-order valence-corrected chi connectivity index (χ0v) is 14.5. The van der Waals surface area contributed by atoms with Crippen LogP contribution in [0.1, 0.15) is 45.3 Å².